The van der Waals surface area contributed by atoms with Gasteiger partial charge < -0.3 is 9.64 Å². The number of methoxy groups -OCH3 is 1. The normalized spacial score (nSPS) is 10.4. The first-order valence-corrected chi connectivity index (χ1v) is 6.55. The molecular weight excluding hydrogens is 266 g/mol. The fourth-order valence-electron chi connectivity index (χ4n) is 1.65. The van der Waals surface area contributed by atoms with Crippen LogP contribution in [0.2, 0.25) is 0 Å². The van der Waals surface area contributed by atoms with Crippen molar-refractivity contribution in [3.05, 3.63) is 35.4 Å². The molecule has 0 atom stereocenters. The third-order valence-corrected chi connectivity index (χ3v) is 3.05. The first kappa shape index (κ1) is 15.5. The number of benzene rings is 1. The summed E-state index contributed by atoms with van der Waals surface area (Å²) in [6, 6.07) is 6.99. The Morgan fingerprint density at radius 1 is 1.37 bits per heavy atom. The number of hydrogen-bond donors (Lipinski definition) is 0. The number of alkyl halides is 1. The highest BCUT2D eigenvalue weighted by molar-refractivity contribution is 6.17. The summed E-state index contributed by atoms with van der Waals surface area (Å²) in [5.74, 6) is -0.289. The maximum absolute atomic E-state index is 12.4. The number of amides is 1. The lowest BCUT2D eigenvalue weighted by Crippen LogP contribution is -2.41. The fraction of sp³-hybridized carbons (Fsp3) is 0.429. The smallest absolute Gasteiger partial charge is 0.325 e. The molecule has 0 aliphatic heterocycles. The van der Waals surface area contributed by atoms with E-state index in [9.17, 15) is 9.59 Å². The number of hydrogen-bond acceptors (Lipinski definition) is 3. The van der Waals surface area contributed by atoms with Crippen molar-refractivity contribution in [1.82, 2.24) is 4.90 Å². The van der Waals surface area contributed by atoms with E-state index in [1.807, 2.05) is 19.9 Å². The summed E-state index contributed by atoms with van der Waals surface area (Å²) in [6.45, 7) is 3.65. The number of ether oxygens (including phenoxy) is 1. The van der Waals surface area contributed by atoms with Crippen LogP contribution in [0, 0.1) is 0 Å². The Kier molecular flexibility index (Phi) is 5.83. The number of halogens is 1. The van der Waals surface area contributed by atoms with Crippen LogP contribution in [0.5, 0.6) is 0 Å². The third kappa shape index (κ3) is 4.24. The molecule has 0 fully saturated rings. The molecule has 1 amide bonds. The Morgan fingerprint density at radius 3 is 2.58 bits per heavy atom. The first-order chi connectivity index (χ1) is 8.99. The van der Waals surface area contributed by atoms with Gasteiger partial charge >= 0.3 is 5.97 Å². The number of nitrogens with zero attached hydrogens (tertiary/aromatic N) is 1. The molecule has 0 saturated carbocycles. The van der Waals surface area contributed by atoms with Crippen molar-refractivity contribution in [3.8, 4) is 0 Å². The second-order valence-electron chi connectivity index (χ2n) is 4.44. The van der Waals surface area contributed by atoms with E-state index >= 15 is 0 Å². The molecule has 0 heterocycles. The maximum atomic E-state index is 12.4. The maximum Gasteiger partial charge on any atom is 0.325 e. The van der Waals surface area contributed by atoms with Crippen molar-refractivity contribution in [2.45, 2.75) is 25.8 Å². The van der Waals surface area contributed by atoms with E-state index in [-0.39, 0.29) is 18.5 Å². The van der Waals surface area contributed by atoms with Crippen molar-refractivity contribution in [2.75, 3.05) is 13.7 Å². The van der Waals surface area contributed by atoms with Crippen LogP contribution < -0.4 is 0 Å². The molecule has 0 bridgehead atoms. The molecule has 0 aliphatic rings. The summed E-state index contributed by atoms with van der Waals surface area (Å²) in [4.78, 5) is 25.2. The lowest BCUT2D eigenvalue weighted by molar-refractivity contribution is -0.141. The van der Waals surface area contributed by atoms with Gasteiger partial charge in [-0.05, 0) is 31.5 Å². The third-order valence-electron chi connectivity index (χ3n) is 2.74. The predicted octanol–water partition coefficient (Wildman–Crippen LogP) is 2.45. The van der Waals surface area contributed by atoms with Crippen LogP contribution in [0.15, 0.2) is 24.3 Å². The fourth-order valence-corrected chi connectivity index (χ4v) is 1.81. The molecule has 0 radical (unpaired) electrons. The van der Waals surface area contributed by atoms with Gasteiger partial charge in [0.2, 0.25) is 0 Å². The molecular formula is C14H18ClNO3. The first-order valence-electron chi connectivity index (χ1n) is 6.02. The van der Waals surface area contributed by atoms with Crippen molar-refractivity contribution < 1.29 is 14.3 Å². The zero-order chi connectivity index (χ0) is 14.4. The quantitative estimate of drug-likeness (QED) is 0.616. The Hall–Kier alpha value is -1.55. The zero-order valence-electron chi connectivity index (χ0n) is 11.4. The Labute approximate surface area is 118 Å². The molecule has 1 aromatic carbocycles. The van der Waals surface area contributed by atoms with Gasteiger partial charge in [-0.15, -0.1) is 11.6 Å². The van der Waals surface area contributed by atoms with Crippen molar-refractivity contribution >= 4 is 23.5 Å². The van der Waals surface area contributed by atoms with Crippen molar-refractivity contribution in [3.63, 3.8) is 0 Å². The largest absolute Gasteiger partial charge is 0.468 e. The second-order valence-corrected chi connectivity index (χ2v) is 4.70. The zero-order valence-corrected chi connectivity index (χ0v) is 12.1. The van der Waals surface area contributed by atoms with Gasteiger partial charge in [0, 0.05) is 17.5 Å². The van der Waals surface area contributed by atoms with Crippen LogP contribution in [-0.4, -0.2) is 36.5 Å². The molecule has 5 heteroatoms. The molecule has 4 nitrogen and oxygen atoms in total. The van der Waals surface area contributed by atoms with Gasteiger partial charge in [0.05, 0.1) is 7.11 Å². The van der Waals surface area contributed by atoms with Gasteiger partial charge in [-0.25, -0.2) is 0 Å². The molecule has 0 aliphatic carbocycles. The van der Waals surface area contributed by atoms with E-state index in [1.165, 1.54) is 12.0 Å². The highest BCUT2D eigenvalue weighted by atomic mass is 35.5. The highest BCUT2D eigenvalue weighted by Gasteiger charge is 2.21. The van der Waals surface area contributed by atoms with Crippen LogP contribution >= 0.6 is 11.6 Å². The van der Waals surface area contributed by atoms with Gasteiger partial charge in [0.25, 0.3) is 5.91 Å². The van der Waals surface area contributed by atoms with Crippen LogP contribution in [-0.2, 0) is 15.4 Å². The lowest BCUT2D eigenvalue weighted by Gasteiger charge is -2.25. The predicted molar refractivity (Wildman–Crippen MR) is 74.2 cm³/mol. The van der Waals surface area contributed by atoms with E-state index < -0.39 is 5.97 Å². The molecule has 0 saturated heterocycles. The van der Waals surface area contributed by atoms with Crippen molar-refractivity contribution in [2.24, 2.45) is 0 Å². The monoisotopic (exact) mass is 283 g/mol. The minimum absolute atomic E-state index is 0.0574. The topological polar surface area (TPSA) is 46.6 Å². The van der Waals surface area contributed by atoms with Gasteiger partial charge in [-0.3, -0.25) is 9.59 Å². The van der Waals surface area contributed by atoms with E-state index in [4.69, 9.17) is 11.6 Å². The summed E-state index contributed by atoms with van der Waals surface area (Å²) >= 11 is 5.75. The standard InChI is InChI=1S/C14H18ClNO3/c1-10(2)16(9-13(17)19-3)14(18)12-6-4-5-11(7-12)8-15/h4-7,10H,8-9H2,1-3H3. The summed E-state index contributed by atoms with van der Waals surface area (Å²) in [5.41, 5.74) is 1.39. The molecule has 0 spiro atoms. The summed E-state index contributed by atoms with van der Waals surface area (Å²) < 4.78 is 4.61. The van der Waals surface area contributed by atoms with Gasteiger partial charge in [0.15, 0.2) is 0 Å². The molecule has 104 valence electrons. The van der Waals surface area contributed by atoms with Crippen LogP contribution in [0.4, 0.5) is 0 Å². The van der Waals surface area contributed by atoms with Crippen molar-refractivity contribution in [1.29, 1.82) is 0 Å². The molecule has 0 unspecified atom stereocenters. The van der Waals surface area contributed by atoms with E-state index in [0.717, 1.165) is 5.56 Å². The van der Waals surface area contributed by atoms with Gasteiger partial charge in [-0.1, -0.05) is 12.1 Å². The van der Waals surface area contributed by atoms with Crippen LogP contribution in [0.3, 0.4) is 0 Å². The van der Waals surface area contributed by atoms with Gasteiger partial charge in [0.1, 0.15) is 6.54 Å². The minimum atomic E-state index is -0.435. The van der Waals surface area contributed by atoms with E-state index in [0.29, 0.717) is 11.4 Å². The van der Waals surface area contributed by atoms with Crippen LogP contribution in [0.1, 0.15) is 29.8 Å². The summed E-state index contributed by atoms with van der Waals surface area (Å²) in [6.07, 6.45) is 0. The minimum Gasteiger partial charge on any atom is -0.468 e. The Balaban J connectivity index is 2.95. The van der Waals surface area contributed by atoms with E-state index in [1.54, 1.807) is 18.2 Å². The lowest BCUT2D eigenvalue weighted by atomic mass is 10.1. The molecule has 1 aromatic rings. The Morgan fingerprint density at radius 2 is 2.05 bits per heavy atom. The number of carbonyl (C=O) groups is 2. The average Bonchev–Trinajstić information content (AvgIpc) is 2.43. The van der Waals surface area contributed by atoms with Crippen LogP contribution in [0.25, 0.3) is 0 Å². The molecule has 1 rings (SSSR count). The van der Waals surface area contributed by atoms with E-state index in [2.05, 4.69) is 4.74 Å². The highest BCUT2D eigenvalue weighted by Crippen LogP contribution is 2.12. The van der Waals surface area contributed by atoms with Gasteiger partial charge in [-0.2, -0.15) is 0 Å². The average molecular weight is 284 g/mol. The molecule has 0 N–H and O–H groups in total. The SMILES string of the molecule is COC(=O)CN(C(=O)c1cccc(CCl)c1)C(C)C. The number of esters is 1. The number of carbonyl (C=O) groups excluding carboxylic acids is 2. The number of rotatable bonds is 5. The second kappa shape index (κ2) is 7.14. The summed E-state index contributed by atoms with van der Waals surface area (Å²) in [7, 11) is 1.30. The summed E-state index contributed by atoms with van der Waals surface area (Å²) in [5, 5.41) is 0. The molecule has 0 aromatic heterocycles. The molecule has 19 heavy (non-hydrogen) atoms. The Bertz CT molecular complexity index is 460.